The maximum absolute atomic E-state index is 11.7. The number of methoxy groups -OCH3 is 1. The molecule has 3 N–H and O–H groups in total. The van der Waals surface area contributed by atoms with Gasteiger partial charge in [-0.1, -0.05) is 25.4 Å². The second kappa shape index (κ2) is 6.61. The Morgan fingerprint density at radius 3 is 2.72 bits per heavy atom. The predicted octanol–water partition coefficient (Wildman–Crippen LogP) is 2.66. The van der Waals surface area contributed by atoms with Crippen molar-refractivity contribution in [1.29, 1.82) is 0 Å². The van der Waals surface area contributed by atoms with Gasteiger partial charge in [0.15, 0.2) is 0 Å². The van der Waals surface area contributed by atoms with Crippen molar-refractivity contribution in [2.75, 3.05) is 12.4 Å². The van der Waals surface area contributed by atoms with Crippen LogP contribution in [0.5, 0.6) is 5.75 Å². The highest BCUT2D eigenvalue weighted by Gasteiger charge is 2.13. The molecule has 0 aromatic heterocycles. The van der Waals surface area contributed by atoms with E-state index in [0.717, 1.165) is 0 Å². The summed E-state index contributed by atoms with van der Waals surface area (Å²) >= 11 is 5.90. The fraction of sp³-hybridized carbons (Fsp3) is 0.462. The number of nitrogens with one attached hydrogen (secondary N) is 1. The van der Waals surface area contributed by atoms with Crippen molar-refractivity contribution in [3.05, 3.63) is 23.2 Å². The molecule has 1 amide bonds. The molecule has 18 heavy (non-hydrogen) atoms. The van der Waals surface area contributed by atoms with Crippen LogP contribution in [-0.4, -0.2) is 19.1 Å². The van der Waals surface area contributed by atoms with Crippen LogP contribution in [0.3, 0.4) is 0 Å². The van der Waals surface area contributed by atoms with Crippen molar-refractivity contribution in [1.82, 2.24) is 0 Å². The minimum Gasteiger partial charge on any atom is -0.495 e. The van der Waals surface area contributed by atoms with Gasteiger partial charge in [0.25, 0.3) is 0 Å². The molecule has 0 spiro atoms. The molecule has 0 aliphatic heterocycles. The second-order valence-corrected chi connectivity index (χ2v) is 4.92. The number of halogens is 1. The van der Waals surface area contributed by atoms with Crippen molar-refractivity contribution in [2.24, 2.45) is 11.7 Å². The molecule has 4 nitrogen and oxygen atoms in total. The van der Waals surface area contributed by atoms with Gasteiger partial charge in [-0.05, 0) is 18.1 Å². The molecule has 5 heteroatoms. The molecule has 0 saturated carbocycles. The van der Waals surface area contributed by atoms with E-state index in [1.54, 1.807) is 18.2 Å². The van der Waals surface area contributed by atoms with Gasteiger partial charge in [-0.2, -0.15) is 0 Å². The summed E-state index contributed by atoms with van der Waals surface area (Å²) in [5.74, 6) is 0.693. The normalized spacial score (nSPS) is 12.3. The highest BCUT2D eigenvalue weighted by Crippen LogP contribution is 2.27. The van der Waals surface area contributed by atoms with Crippen molar-refractivity contribution >= 4 is 23.2 Å². The van der Waals surface area contributed by atoms with Gasteiger partial charge in [-0.15, -0.1) is 0 Å². The lowest BCUT2D eigenvalue weighted by atomic mass is 10.0. The van der Waals surface area contributed by atoms with Gasteiger partial charge in [0.1, 0.15) is 5.75 Å². The van der Waals surface area contributed by atoms with Crippen molar-refractivity contribution in [3.8, 4) is 5.75 Å². The Labute approximate surface area is 112 Å². The van der Waals surface area contributed by atoms with E-state index in [0.29, 0.717) is 22.9 Å². The zero-order valence-corrected chi connectivity index (χ0v) is 11.6. The number of benzene rings is 1. The molecule has 100 valence electrons. The number of hydrogen-bond donors (Lipinski definition) is 2. The summed E-state index contributed by atoms with van der Waals surface area (Å²) in [6, 6.07) is 4.95. The molecule has 1 aromatic carbocycles. The Morgan fingerprint density at radius 1 is 1.50 bits per heavy atom. The Hall–Kier alpha value is -1.26. The van der Waals surface area contributed by atoms with Gasteiger partial charge in [0, 0.05) is 24.2 Å². The number of ether oxygens (including phenoxy) is 1. The molecule has 1 unspecified atom stereocenters. The molecule has 0 heterocycles. The molecule has 1 aromatic rings. The van der Waals surface area contributed by atoms with Crippen LogP contribution in [-0.2, 0) is 4.79 Å². The van der Waals surface area contributed by atoms with E-state index in [2.05, 4.69) is 5.32 Å². The first-order chi connectivity index (χ1) is 8.43. The first-order valence-corrected chi connectivity index (χ1v) is 6.20. The molecular weight excluding hydrogens is 252 g/mol. The minimum atomic E-state index is -0.140. The Bertz CT molecular complexity index is 421. The zero-order valence-electron chi connectivity index (χ0n) is 10.9. The summed E-state index contributed by atoms with van der Waals surface area (Å²) < 4.78 is 5.08. The van der Waals surface area contributed by atoms with Crippen LogP contribution in [0.1, 0.15) is 20.3 Å². The zero-order chi connectivity index (χ0) is 13.7. The van der Waals surface area contributed by atoms with Crippen molar-refractivity contribution in [2.45, 2.75) is 26.3 Å². The summed E-state index contributed by atoms with van der Waals surface area (Å²) in [5, 5.41) is 3.28. The first kappa shape index (κ1) is 14.8. The van der Waals surface area contributed by atoms with Gasteiger partial charge >= 0.3 is 0 Å². The first-order valence-electron chi connectivity index (χ1n) is 5.83. The molecule has 0 fully saturated rings. The summed E-state index contributed by atoms with van der Waals surface area (Å²) in [4.78, 5) is 11.7. The van der Waals surface area contributed by atoms with Gasteiger partial charge in [-0.3, -0.25) is 4.79 Å². The predicted molar refractivity (Wildman–Crippen MR) is 74.1 cm³/mol. The van der Waals surface area contributed by atoms with Crippen LogP contribution < -0.4 is 15.8 Å². The van der Waals surface area contributed by atoms with Crippen LogP contribution in [0, 0.1) is 5.92 Å². The smallest absolute Gasteiger partial charge is 0.225 e. The van der Waals surface area contributed by atoms with E-state index in [1.165, 1.54) is 7.11 Å². The maximum atomic E-state index is 11.7. The molecule has 1 rings (SSSR count). The lowest BCUT2D eigenvalue weighted by Crippen LogP contribution is -2.31. The molecule has 0 radical (unpaired) electrons. The number of rotatable bonds is 5. The SMILES string of the molecule is COc1cc(NC(=O)CC(N)C(C)C)ccc1Cl. The van der Waals surface area contributed by atoms with Crippen LogP contribution in [0.15, 0.2) is 18.2 Å². The van der Waals surface area contributed by atoms with Gasteiger partial charge in [0.2, 0.25) is 5.91 Å². The van der Waals surface area contributed by atoms with Crippen molar-refractivity contribution in [3.63, 3.8) is 0 Å². The lowest BCUT2D eigenvalue weighted by molar-refractivity contribution is -0.116. The Balaban J connectivity index is 2.65. The fourth-order valence-corrected chi connectivity index (χ4v) is 1.59. The number of nitrogens with two attached hydrogens (primary N) is 1. The van der Waals surface area contributed by atoms with E-state index < -0.39 is 0 Å². The average molecular weight is 271 g/mol. The number of hydrogen-bond acceptors (Lipinski definition) is 3. The van der Waals surface area contributed by atoms with Crippen molar-refractivity contribution < 1.29 is 9.53 Å². The van der Waals surface area contributed by atoms with Crippen LogP contribution >= 0.6 is 11.6 Å². The lowest BCUT2D eigenvalue weighted by Gasteiger charge is -2.15. The number of amides is 1. The van der Waals surface area contributed by atoms with Crippen LogP contribution in [0.4, 0.5) is 5.69 Å². The second-order valence-electron chi connectivity index (χ2n) is 4.51. The standard InChI is InChI=1S/C13H19ClN2O2/c1-8(2)11(15)7-13(17)16-9-4-5-10(14)12(6-9)18-3/h4-6,8,11H,7,15H2,1-3H3,(H,16,17). The summed E-state index contributed by atoms with van der Waals surface area (Å²) in [7, 11) is 1.53. The molecule has 0 aliphatic rings. The quantitative estimate of drug-likeness (QED) is 0.865. The number of carbonyl (C=O) groups excluding carboxylic acids is 1. The van der Waals surface area contributed by atoms with E-state index in [9.17, 15) is 4.79 Å². The van der Waals surface area contributed by atoms with E-state index in [4.69, 9.17) is 22.1 Å². The third kappa shape index (κ3) is 4.20. The topological polar surface area (TPSA) is 64.3 Å². The van der Waals surface area contributed by atoms with Gasteiger partial charge < -0.3 is 15.8 Å². The monoisotopic (exact) mass is 270 g/mol. The van der Waals surface area contributed by atoms with E-state index in [-0.39, 0.29) is 17.9 Å². The highest BCUT2D eigenvalue weighted by molar-refractivity contribution is 6.32. The van der Waals surface area contributed by atoms with E-state index in [1.807, 2.05) is 13.8 Å². The summed E-state index contributed by atoms with van der Waals surface area (Å²) in [5.41, 5.74) is 6.49. The number of anilines is 1. The van der Waals surface area contributed by atoms with Crippen LogP contribution in [0.2, 0.25) is 5.02 Å². The fourth-order valence-electron chi connectivity index (χ4n) is 1.40. The largest absolute Gasteiger partial charge is 0.495 e. The molecule has 0 bridgehead atoms. The third-order valence-corrected chi connectivity index (χ3v) is 3.02. The minimum absolute atomic E-state index is 0.111. The summed E-state index contributed by atoms with van der Waals surface area (Å²) in [6.07, 6.45) is 0.294. The molecule has 0 saturated heterocycles. The van der Waals surface area contributed by atoms with E-state index >= 15 is 0 Å². The van der Waals surface area contributed by atoms with Gasteiger partial charge in [0.05, 0.1) is 12.1 Å². The summed E-state index contributed by atoms with van der Waals surface area (Å²) in [6.45, 7) is 3.98. The molecular formula is C13H19ClN2O2. The Morgan fingerprint density at radius 2 is 2.17 bits per heavy atom. The Kier molecular flexibility index (Phi) is 5.44. The van der Waals surface area contributed by atoms with Gasteiger partial charge in [-0.25, -0.2) is 0 Å². The number of carbonyl (C=O) groups is 1. The molecule has 1 atom stereocenters. The highest BCUT2D eigenvalue weighted by atomic mass is 35.5. The third-order valence-electron chi connectivity index (χ3n) is 2.71. The van der Waals surface area contributed by atoms with Crippen LogP contribution in [0.25, 0.3) is 0 Å². The maximum Gasteiger partial charge on any atom is 0.225 e. The molecule has 0 aliphatic carbocycles. The average Bonchev–Trinajstić information content (AvgIpc) is 2.31.